The topological polar surface area (TPSA) is 41.6 Å². The summed E-state index contributed by atoms with van der Waals surface area (Å²) in [4.78, 5) is 14.2. The van der Waals surface area contributed by atoms with E-state index in [-0.39, 0.29) is 12.1 Å². The molecule has 5 heteroatoms. The molecule has 20 heavy (non-hydrogen) atoms. The van der Waals surface area contributed by atoms with Crippen molar-refractivity contribution in [3.63, 3.8) is 0 Å². The minimum absolute atomic E-state index is 0.00539. The quantitative estimate of drug-likeness (QED) is 0.852. The molecular formula is C15H21BrN2O2. The highest BCUT2D eigenvalue weighted by molar-refractivity contribution is 9.10. The maximum Gasteiger partial charge on any atom is 0.410 e. The molecule has 110 valence electrons. The van der Waals surface area contributed by atoms with Gasteiger partial charge in [-0.25, -0.2) is 4.79 Å². The highest BCUT2D eigenvalue weighted by Gasteiger charge is 2.32. The van der Waals surface area contributed by atoms with E-state index in [9.17, 15) is 4.79 Å². The molecule has 1 N–H and O–H groups in total. The molecule has 1 fully saturated rings. The van der Waals surface area contributed by atoms with Gasteiger partial charge in [0.1, 0.15) is 5.60 Å². The number of hydrogen-bond acceptors (Lipinski definition) is 3. The van der Waals surface area contributed by atoms with Crippen molar-refractivity contribution in [2.24, 2.45) is 0 Å². The molecule has 1 aromatic carbocycles. The number of benzene rings is 1. The van der Waals surface area contributed by atoms with Crippen LogP contribution in [0.4, 0.5) is 4.79 Å². The predicted octanol–water partition coefficient (Wildman–Crippen LogP) is 3.33. The molecule has 0 radical (unpaired) electrons. The third-order valence-electron chi connectivity index (χ3n) is 3.14. The lowest BCUT2D eigenvalue weighted by molar-refractivity contribution is 0.0117. The molecule has 0 aliphatic carbocycles. The van der Waals surface area contributed by atoms with Crippen molar-refractivity contribution < 1.29 is 9.53 Å². The van der Waals surface area contributed by atoms with Gasteiger partial charge < -0.3 is 10.1 Å². The molecule has 1 aliphatic heterocycles. The Kier molecular flexibility index (Phi) is 4.70. The maximum absolute atomic E-state index is 12.4. The highest BCUT2D eigenvalue weighted by atomic mass is 79.9. The Labute approximate surface area is 128 Å². The second-order valence-corrected chi connectivity index (χ2v) is 6.77. The van der Waals surface area contributed by atoms with Gasteiger partial charge in [-0.15, -0.1) is 0 Å². The van der Waals surface area contributed by atoms with Crippen LogP contribution < -0.4 is 5.32 Å². The zero-order valence-corrected chi connectivity index (χ0v) is 13.7. The molecule has 0 unspecified atom stereocenters. The van der Waals surface area contributed by atoms with Crippen LogP contribution in [-0.2, 0) is 4.74 Å². The second-order valence-electron chi connectivity index (χ2n) is 5.92. The van der Waals surface area contributed by atoms with E-state index in [1.54, 1.807) is 0 Å². The fourth-order valence-electron chi connectivity index (χ4n) is 2.27. The second kappa shape index (κ2) is 6.14. The molecule has 0 spiro atoms. The standard InChI is InChI=1S/C15H21BrN2O2/c1-15(2,3)20-14(19)18-9-8-17-10-13(18)11-6-4-5-7-12(11)16/h4-7,13,17H,8-10H2,1-3H3/t13-/m1/s1. The largest absolute Gasteiger partial charge is 0.444 e. The number of hydrogen-bond donors (Lipinski definition) is 1. The Hall–Kier alpha value is -1.07. The molecule has 1 aromatic rings. The lowest BCUT2D eigenvalue weighted by Crippen LogP contribution is -2.50. The normalized spacial score (nSPS) is 19.8. The van der Waals surface area contributed by atoms with E-state index in [0.717, 1.165) is 23.1 Å². The summed E-state index contributed by atoms with van der Waals surface area (Å²) in [6.45, 7) is 7.85. The van der Waals surface area contributed by atoms with Crippen LogP contribution in [-0.4, -0.2) is 36.2 Å². The van der Waals surface area contributed by atoms with Gasteiger partial charge in [-0.3, -0.25) is 4.90 Å². The van der Waals surface area contributed by atoms with E-state index in [1.807, 2.05) is 49.9 Å². The van der Waals surface area contributed by atoms with E-state index < -0.39 is 5.60 Å². The Morgan fingerprint density at radius 3 is 2.75 bits per heavy atom. The third-order valence-corrected chi connectivity index (χ3v) is 3.86. The Morgan fingerprint density at radius 2 is 2.10 bits per heavy atom. The van der Waals surface area contributed by atoms with E-state index in [1.165, 1.54) is 0 Å². The van der Waals surface area contributed by atoms with Gasteiger partial charge in [-0.05, 0) is 32.4 Å². The third kappa shape index (κ3) is 3.73. The predicted molar refractivity (Wildman–Crippen MR) is 82.7 cm³/mol. The number of ether oxygens (including phenoxy) is 1. The SMILES string of the molecule is CC(C)(C)OC(=O)N1CCNC[C@@H]1c1ccccc1Br. The van der Waals surface area contributed by atoms with Crippen LogP contribution in [0.25, 0.3) is 0 Å². The summed E-state index contributed by atoms with van der Waals surface area (Å²) in [5, 5.41) is 3.34. The number of piperazine rings is 1. The molecule has 0 aromatic heterocycles. The molecule has 1 heterocycles. The van der Waals surface area contributed by atoms with Crippen LogP contribution in [0.3, 0.4) is 0 Å². The summed E-state index contributed by atoms with van der Waals surface area (Å²) in [6.07, 6.45) is -0.250. The minimum atomic E-state index is -0.472. The fraction of sp³-hybridized carbons (Fsp3) is 0.533. The van der Waals surface area contributed by atoms with Crippen molar-refractivity contribution in [2.45, 2.75) is 32.4 Å². The van der Waals surface area contributed by atoms with Gasteiger partial charge in [0.15, 0.2) is 0 Å². The molecule has 1 saturated heterocycles. The van der Waals surface area contributed by atoms with E-state index in [2.05, 4.69) is 21.2 Å². The molecule has 1 amide bonds. The van der Waals surface area contributed by atoms with E-state index >= 15 is 0 Å². The van der Waals surface area contributed by atoms with Gasteiger partial charge in [-0.1, -0.05) is 34.1 Å². The first-order chi connectivity index (χ1) is 9.38. The number of halogens is 1. The zero-order chi connectivity index (χ0) is 14.8. The minimum Gasteiger partial charge on any atom is -0.444 e. The first kappa shape index (κ1) is 15.3. The molecule has 1 aliphatic rings. The zero-order valence-electron chi connectivity index (χ0n) is 12.1. The maximum atomic E-state index is 12.4. The number of amides is 1. The van der Waals surface area contributed by atoms with Crippen LogP contribution in [0.5, 0.6) is 0 Å². The van der Waals surface area contributed by atoms with Gasteiger partial charge in [-0.2, -0.15) is 0 Å². The number of nitrogens with zero attached hydrogens (tertiary/aromatic N) is 1. The van der Waals surface area contributed by atoms with Gasteiger partial charge in [0.25, 0.3) is 0 Å². The monoisotopic (exact) mass is 340 g/mol. The number of rotatable bonds is 1. The fourth-order valence-corrected chi connectivity index (χ4v) is 2.82. The van der Waals surface area contributed by atoms with Crippen molar-refractivity contribution in [3.05, 3.63) is 34.3 Å². The molecule has 0 bridgehead atoms. The lowest BCUT2D eigenvalue weighted by Gasteiger charge is -2.37. The number of carbonyl (C=O) groups excluding carboxylic acids is 1. The van der Waals surface area contributed by atoms with Crippen LogP contribution in [0.2, 0.25) is 0 Å². The van der Waals surface area contributed by atoms with Crippen LogP contribution in [0, 0.1) is 0 Å². The summed E-state index contributed by atoms with van der Waals surface area (Å²) < 4.78 is 6.53. The van der Waals surface area contributed by atoms with Crippen molar-refractivity contribution in [2.75, 3.05) is 19.6 Å². The average molecular weight is 341 g/mol. The first-order valence-electron chi connectivity index (χ1n) is 6.83. The summed E-state index contributed by atoms with van der Waals surface area (Å²) >= 11 is 3.56. The average Bonchev–Trinajstić information content (AvgIpc) is 2.37. The van der Waals surface area contributed by atoms with Gasteiger partial charge in [0.2, 0.25) is 0 Å². The Morgan fingerprint density at radius 1 is 1.40 bits per heavy atom. The van der Waals surface area contributed by atoms with Gasteiger partial charge >= 0.3 is 6.09 Å². The Bertz CT molecular complexity index is 485. The van der Waals surface area contributed by atoms with Crippen molar-refractivity contribution in [3.8, 4) is 0 Å². The van der Waals surface area contributed by atoms with Crippen LogP contribution >= 0.6 is 15.9 Å². The highest BCUT2D eigenvalue weighted by Crippen LogP contribution is 2.29. The Balaban J connectivity index is 2.22. The molecule has 4 nitrogen and oxygen atoms in total. The van der Waals surface area contributed by atoms with E-state index in [0.29, 0.717) is 6.54 Å². The van der Waals surface area contributed by atoms with Crippen molar-refractivity contribution in [1.82, 2.24) is 10.2 Å². The summed E-state index contributed by atoms with van der Waals surface area (Å²) in [5.74, 6) is 0. The van der Waals surface area contributed by atoms with Crippen molar-refractivity contribution in [1.29, 1.82) is 0 Å². The molecular weight excluding hydrogens is 320 g/mol. The summed E-state index contributed by atoms with van der Waals surface area (Å²) in [7, 11) is 0. The van der Waals surface area contributed by atoms with E-state index in [4.69, 9.17) is 4.74 Å². The number of nitrogens with one attached hydrogen (secondary N) is 1. The molecule has 2 rings (SSSR count). The first-order valence-corrected chi connectivity index (χ1v) is 7.62. The van der Waals surface area contributed by atoms with Crippen molar-refractivity contribution >= 4 is 22.0 Å². The number of carbonyl (C=O) groups is 1. The van der Waals surface area contributed by atoms with Crippen LogP contribution in [0.15, 0.2) is 28.7 Å². The molecule has 1 atom stereocenters. The molecule has 0 saturated carbocycles. The summed E-state index contributed by atoms with van der Waals surface area (Å²) in [5.41, 5.74) is 0.631. The smallest absolute Gasteiger partial charge is 0.410 e. The van der Waals surface area contributed by atoms with Gasteiger partial charge in [0.05, 0.1) is 6.04 Å². The summed E-state index contributed by atoms with van der Waals surface area (Å²) in [6, 6.07) is 7.99. The van der Waals surface area contributed by atoms with Crippen LogP contribution in [0.1, 0.15) is 32.4 Å². The lowest BCUT2D eigenvalue weighted by atomic mass is 10.0. The van der Waals surface area contributed by atoms with Gasteiger partial charge in [0, 0.05) is 24.1 Å².